The highest BCUT2D eigenvalue weighted by molar-refractivity contribution is 5.69. The van der Waals surface area contributed by atoms with Crippen LogP contribution in [-0.4, -0.2) is 38.7 Å². The van der Waals surface area contributed by atoms with E-state index in [9.17, 15) is 9.59 Å². The molecule has 0 heterocycles. The van der Waals surface area contributed by atoms with E-state index in [1.165, 1.54) is 0 Å². The summed E-state index contributed by atoms with van der Waals surface area (Å²) >= 11 is 0. The van der Waals surface area contributed by atoms with Gasteiger partial charge in [-0.25, -0.2) is 0 Å². The first-order valence-electron chi connectivity index (χ1n) is 7.52. The molecule has 0 aromatic heterocycles. The Bertz CT molecular complexity index is 272. The molecule has 4 N–H and O–H groups in total. The molecule has 0 radical (unpaired) electrons. The van der Waals surface area contributed by atoms with E-state index in [-0.39, 0.29) is 11.8 Å². The van der Waals surface area contributed by atoms with Crippen molar-refractivity contribution in [2.75, 3.05) is 0 Å². The van der Waals surface area contributed by atoms with Crippen molar-refractivity contribution in [3.63, 3.8) is 0 Å². The lowest BCUT2D eigenvalue weighted by Gasteiger charge is -2.17. The van der Waals surface area contributed by atoms with Gasteiger partial charge in [0.25, 0.3) is 0 Å². The van der Waals surface area contributed by atoms with Gasteiger partial charge in [0.05, 0.1) is 11.8 Å². The van der Waals surface area contributed by atoms with Crippen LogP contribution in [0.25, 0.3) is 0 Å². The van der Waals surface area contributed by atoms with Crippen LogP contribution in [0.1, 0.15) is 67.7 Å². The molecule has 0 rings (SSSR count). The first-order chi connectivity index (χ1) is 9.70. The zero-order chi connectivity index (χ0) is 18.5. The maximum Gasteiger partial charge on any atom is 0.305 e. The number of aliphatic hydroxyl groups is 2. The second-order valence-corrected chi connectivity index (χ2v) is 6.92. The molecule has 6 nitrogen and oxygen atoms in total. The van der Waals surface area contributed by atoms with Gasteiger partial charge in [-0.1, -0.05) is 48.5 Å². The van der Waals surface area contributed by atoms with Gasteiger partial charge in [-0.15, -0.1) is 0 Å². The molecule has 0 bridgehead atoms. The van der Waals surface area contributed by atoms with Crippen molar-refractivity contribution in [3.8, 4) is 0 Å². The number of aliphatic hydroxyl groups excluding tert-OH is 1. The molecule has 0 saturated carbocycles. The van der Waals surface area contributed by atoms with Crippen molar-refractivity contribution in [1.29, 1.82) is 0 Å². The van der Waals surface area contributed by atoms with Crippen LogP contribution in [-0.2, 0) is 9.59 Å². The Hall–Kier alpha value is -1.14. The number of hydrogen-bond acceptors (Lipinski definition) is 4. The second kappa shape index (κ2) is 13.5. The van der Waals surface area contributed by atoms with Crippen LogP contribution in [0.3, 0.4) is 0 Å². The lowest BCUT2D eigenvalue weighted by Crippen LogP contribution is -2.08. The minimum absolute atomic E-state index is 0.231. The first kappa shape index (κ1) is 25.8. The Balaban J connectivity index is -0.000000261. The van der Waals surface area contributed by atoms with Gasteiger partial charge < -0.3 is 20.4 Å². The zero-order valence-electron chi connectivity index (χ0n) is 15.0. The first-order valence-corrected chi connectivity index (χ1v) is 7.52. The fraction of sp³-hybridized carbons (Fsp3) is 0.875. The van der Waals surface area contributed by atoms with Gasteiger partial charge in [-0.05, 0) is 24.7 Å². The Kier molecular flexibility index (Phi) is 15.8. The van der Waals surface area contributed by atoms with Crippen molar-refractivity contribution in [2.24, 2.45) is 17.3 Å². The summed E-state index contributed by atoms with van der Waals surface area (Å²) in [5.74, 6) is -1.94. The number of carboxylic acid groups (broad SMARTS) is 2. The van der Waals surface area contributed by atoms with Crippen LogP contribution in [0.4, 0.5) is 0 Å². The van der Waals surface area contributed by atoms with Crippen LogP contribution in [0.15, 0.2) is 0 Å². The number of carboxylic acids is 2. The van der Waals surface area contributed by atoms with E-state index in [1.54, 1.807) is 27.7 Å². The third-order valence-electron chi connectivity index (χ3n) is 2.38. The number of rotatable bonds is 5. The summed E-state index contributed by atoms with van der Waals surface area (Å²) in [4.78, 5) is 19.4. The quantitative estimate of drug-likeness (QED) is 0.578. The van der Waals surface area contributed by atoms with Gasteiger partial charge in [-0.2, -0.15) is 0 Å². The highest BCUT2D eigenvalue weighted by Crippen LogP contribution is 2.21. The third kappa shape index (κ3) is 31.3. The van der Waals surface area contributed by atoms with E-state index in [0.717, 1.165) is 12.8 Å². The molecule has 0 unspecified atom stereocenters. The van der Waals surface area contributed by atoms with Crippen molar-refractivity contribution < 1.29 is 30.0 Å². The molecular weight excluding hydrogens is 288 g/mol. The molecule has 6 heteroatoms. The Morgan fingerprint density at radius 1 is 0.864 bits per heavy atom. The minimum atomic E-state index is -1.12. The fourth-order valence-electron chi connectivity index (χ4n) is 0.815. The van der Waals surface area contributed by atoms with Gasteiger partial charge in [0.1, 0.15) is 0 Å². The lowest BCUT2D eigenvalue weighted by atomic mass is 9.90. The van der Waals surface area contributed by atoms with Crippen LogP contribution in [0.5, 0.6) is 0 Å². The standard InChI is InChI=1S/C8H18O2.2C4H8O2/c1-8(2,3)6-4-5-7(9)10;2*1-3(2)4(5)6/h7,9-10H,4-6H2,1-3H3;2*3H,1-2H3,(H,5,6). The largest absolute Gasteiger partial charge is 0.481 e. The molecule has 0 atom stereocenters. The van der Waals surface area contributed by atoms with E-state index in [0.29, 0.717) is 11.8 Å². The van der Waals surface area contributed by atoms with E-state index < -0.39 is 18.2 Å². The second-order valence-electron chi connectivity index (χ2n) is 6.92. The Morgan fingerprint density at radius 2 is 1.14 bits per heavy atom. The highest BCUT2D eigenvalue weighted by Gasteiger charge is 2.09. The summed E-state index contributed by atoms with van der Waals surface area (Å²) in [7, 11) is 0. The minimum Gasteiger partial charge on any atom is -0.481 e. The summed E-state index contributed by atoms with van der Waals surface area (Å²) < 4.78 is 0. The summed E-state index contributed by atoms with van der Waals surface area (Å²) in [6, 6.07) is 0. The average molecular weight is 322 g/mol. The van der Waals surface area contributed by atoms with Crippen LogP contribution >= 0.6 is 0 Å². The highest BCUT2D eigenvalue weighted by atomic mass is 16.5. The SMILES string of the molecule is CC(C)(C)CCCC(O)O.CC(C)C(=O)O.CC(C)C(=O)O. The lowest BCUT2D eigenvalue weighted by molar-refractivity contribution is -0.141. The van der Waals surface area contributed by atoms with Crippen molar-refractivity contribution in [2.45, 2.75) is 74.0 Å². The monoisotopic (exact) mass is 322 g/mol. The number of aliphatic carboxylic acids is 2. The molecule has 0 aliphatic carbocycles. The van der Waals surface area contributed by atoms with Gasteiger partial charge in [0.2, 0.25) is 0 Å². The molecule has 22 heavy (non-hydrogen) atoms. The molecule has 0 aromatic rings. The zero-order valence-corrected chi connectivity index (χ0v) is 15.0. The van der Waals surface area contributed by atoms with E-state index in [1.807, 2.05) is 0 Å². The van der Waals surface area contributed by atoms with Crippen molar-refractivity contribution >= 4 is 11.9 Å². The summed E-state index contributed by atoms with van der Waals surface area (Å²) in [6.07, 6.45) is 1.31. The third-order valence-corrected chi connectivity index (χ3v) is 2.38. The smallest absolute Gasteiger partial charge is 0.305 e. The predicted octanol–water partition coefficient (Wildman–Crippen LogP) is 2.97. The molecule has 0 saturated heterocycles. The fourth-order valence-corrected chi connectivity index (χ4v) is 0.815. The summed E-state index contributed by atoms with van der Waals surface area (Å²) in [5.41, 5.74) is 0.314. The van der Waals surface area contributed by atoms with E-state index >= 15 is 0 Å². The molecule has 0 spiro atoms. The maximum atomic E-state index is 9.70. The van der Waals surface area contributed by atoms with Gasteiger partial charge in [0.15, 0.2) is 6.29 Å². The van der Waals surface area contributed by atoms with Crippen molar-refractivity contribution in [1.82, 2.24) is 0 Å². The summed E-state index contributed by atoms with van der Waals surface area (Å²) in [5, 5.41) is 33.0. The Morgan fingerprint density at radius 3 is 1.27 bits per heavy atom. The number of hydrogen-bond donors (Lipinski definition) is 4. The Labute approximate surface area is 134 Å². The van der Waals surface area contributed by atoms with Gasteiger partial charge >= 0.3 is 11.9 Å². The number of carbonyl (C=O) groups is 2. The molecule has 0 fully saturated rings. The topological polar surface area (TPSA) is 115 Å². The molecular formula is C16H34O6. The van der Waals surface area contributed by atoms with E-state index in [2.05, 4.69) is 20.8 Å². The molecule has 0 aliphatic rings. The normalized spacial score (nSPS) is 10.7. The molecule has 0 aliphatic heterocycles. The predicted molar refractivity (Wildman–Crippen MR) is 86.5 cm³/mol. The maximum absolute atomic E-state index is 9.70. The van der Waals surface area contributed by atoms with Crippen LogP contribution < -0.4 is 0 Å². The van der Waals surface area contributed by atoms with Crippen molar-refractivity contribution in [3.05, 3.63) is 0 Å². The van der Waals surface area contributed by atoms with Crippen LogP contribution in [0.2, 0.25) is 0 Å². The van der Waals surface area contributed by atoms with Gasteiger partial charge in [0, 0.05) is 0 Å². The molecule has 134 valence electrons. The molecule has 0 amide bonds. The summed E-state index contributed by atoms with van der Waals surface area (Å²) in [6.45, 7) is 13.0. The van der Waals surface area contributed by atoms with Crippen LogP contribution in [0, 0.1) is 17.3 Å². The van der Waals surface area contributed by atoms with Gasteiger partial charge in [-0.3, -0.25) is 9.59 Å². The molecule has 0 aromatic carbocycles. The van der Waals surface area contributed by atoms with E-state index in [4.69, 9.17) is 20.4 Å². The average Bonchev–Trinajstić information content (AvgIpc) is 2.27.